The van der Waals surface area contributed by atoms with Gasteiger partial charge in [-0.1, -0.05) is 23.7 Å². The summed E-state index contributed by atoms with van der Waals surface area (Å²) in [6, 6.07) is 7.53. The number of urea groups is 1. The van der Waals surface area contributed by atoms with Crippen molar-refractivity contribution >= 4 is 23.7 Å². The fraction of sp³-hybridized carbons (Fsp3) is 0.704. The number of benzene rings is 1. The van der Waals surface area contributed by atoms with Crippen LogP contribution in [0.3, 0.4) is 0 Å². The molecular weight excluding hydrogens is 499 g/mol. The van der Waals surface area contributed by atoms with Gasteiger partial charge in [0.15, 0.2) is 0 Å². The number of ether oxygens (including phenoxy) is 2. The van der Waals surface area contributed by atoms with Crippen molar-refractivity contribution < 1.29 is 23.5 Å². The van der Waals surface area contributed by atoms with Crippen LogP contribution in [0.15, 0.2) is 24.3 Å². The third kappa shape index (κ3) is 9.61. The van der Waals surface area contributed by atoms with Gasteiger partial charge < -0.3 is 30.3 Å². The average molecular weight is 541 g/mol. The smallest absolute Gasteiger partial charge is 0.406 e. The SMILES string of the molecule is CNC[C@H](C[C@H]1CC[C@H](F)CC1)NC(=O)N1CCC[C@@H]([C@@H](OCCNC(=O)OC)c2cccc(Cl)c2)C1. The Bertz CT molecular complexity index is 855. The summed E-state index contributed by atoms with van der Waals surface area (Å²) in [5.74, 6) is 0.526. The topological polar surface area (TPSA) is 91.9 Å². The monoisotopic (exact) mass is 540 g/mol. The molecule has 10 heteroatoms. The molecule has 3 atom stereocenters. The van der Waals surface area contributed by atoms with Crippen molar-refractivity contribution in [1.82, 2.24) is 20.9 Å². The van der Waals surface area contributed by atoms with Crippen LogP contribution in [0.4, 0.5) is 14.0 Å². The number of nitrogens with zero attached hydrogens (tertiary/aromatic N) is 1. The largest absolute Gasteiger partial charge is 0.453 e. The van der Waals surface area contributed by atoms with Gasteiger partial charge in [0.1, 0.15) is 6.17 Å². The van der Waals surface area contributed by atoms with E-state index in [2.05, 4.69) is 20.7 Å². The van der Waals surface area contributed by atoms with Gasteiger partial charge in [0, 0.05) is 43.2 Å². The number of methoxy groups -OCH3 is 1. The van der Waals surface area contributed by atoms with E-state index in [1.165, 1.54) is 7.11 Å². The number of halogens is 2. The van der Waals surface area contributed by atoms with Crippen molar-refractivity contribution in [1.29, 1.82) is 0 Å². The highest BCUT2D eigenvalue weighted by Gasteiger charge is 2.32. The fourth-order valence-electron chi connectivity index (χ4n) is 5.51. The standard InChI is InChI=1S/C27H42ClFN4O4/c1-30-17-24(15-19-8-10-23(29)11-9-19)32-26(34)33-13-4-6-21(18-33)25(20-5-3-7-22(28)16-20)37-14-12-31-27(35)36-2/h3,5,7,16,19,21,23-25,30H,4,6,8-15,17-18H2,1-2H3,(H,31,35)(H,32,34)/t19-,21-,23-,24+,25+/m1/s1. The summed E-state index contributed by atoms with van der Waals surface area (Å²) >= 11 is 6.27. The molecule has 2 fully saturated rings. The van der Waals surface area contributed by atoms with E-state index in [0.29, 0.717) is 56.6 Å². The molecule has 1 heterocycles. The van der Waals surface area contributed by atoms with Crippen molar-refractivity contribution in [2.45, 2.75) is 63.3 Å². The Balaban J connectivity index is 1.61. The molecule has 1 saturated heterocycles. The summed E-state index contributed by atoms with van der Waals surface area (Å²) in [7, 11) is 3.21. The number of carbonyl (C=O) groups excluding carboxylic acids is 2. The second kappa shape index (κ2) is 15.3. The molecule has 3 amide bonds. The van der Waals surface area contributed by atoms with Crippen LogP contribution < -0.4 is 16.0 Å². The van der Waals surface area contributed by atoms with E-state index >= 15 is 0 Å². The highest BCUT2D eigenvalue weighted by Crippen LogP contribution is 2.34. The van der Waals surface area contributed by atoms with Gasteiger partial charge in [0.05, 0.1) is 19.8 Å². The number of carbonyl (C=O) groups is 2. The van der Waals surface area contributed by atoms with Gasteiger partial charge in [0.2, 0.25) is 0 Å². The first-order chi connectivity index (χ1) is 17.9. The number of rotatable bonds is 11. The summed E-state index contributed by atoms with van der Waals surface area (Å²) in [4.78, 5) is 26.6. The van der Waals surface area contributed by atoms with Gasteiger partial charge in [-0.05, 0) is 75.6 Å². The van der Waals surface area contributed by atoms with E-state index in [0.717, 1.165) is 37.7 Å². The molecule has 0 bridgehead atoms. The van der Waals surface area contributed by atoms with Gasteiger partial charge >= 0.3 is 12.1 Å². The zero-order chi connectivity index (χ0) is 26.6. The predicted octanol–water partition coefficient (Wildman–Crippen LogP) is 4.68. The number of likely N-dealkylation sites (tertiary alicyclic amines) is 1. The molecule has 0 radical (unpaired) electrons. The molecule has 3 rings (SSSR count). The third-order valence-electron chi connectivity index (χ3n) is 7.38. The van der Waals surface area contributed by atoms with Gasteiger partial charge in [-0.3, -0.25) is 0 Å². The quantitative estimate of drug-likeness (QED) is 0.354. The molecule has 0 spiro atoms. The lowest BCUT2D eigenvalue weighted by Crippen LogP contribution is -2.52. The molecule has 2 aliphatic rings. The molecule has 1 aliphatic heterocycles. The summed E-state index contributed by atoms with van der Waals surface area (Å²) in [5.41, 5.74) is 0.953. The summed E-state index contributed by atoms with van der Waals surface area (Å²) in [6.45, 7) is 2.55. The van der Waals surface area contributed by atoms with Crippen molar-refractivity contribution in [2.75, 3.05) is 46.9 Å². The van der Waals surface area contributed by atoms with Gasteiger partial charge in [-0.15, -0.1) is 0 Å². The number of amides is 3. The maximum Gasteiger partial charge on any atom is 0.406 e. The summed E-state index contributed by atoms with van der Waals surface area (Å²) in [6.07, 6.45) is 4.21. The van der Waals surface area contributed by atoms with E-state index < -0.39 is 12.3 Å². The number of alkyl carbamates (subject to hydrolysis) is 1. The Hall–Kier alpha value is -2.10. The minimum Gasteiger partial charge on any atom is -0.453 e. The number of nitrogens with one attached hydrogen (secondary N) is 3. The maximum absolute atomic E-state index is 13.6. The molecule has 208 valence electrons. The van der Waals surface area contributed by atoms with Gasteiger partial charge in [0.25, 0.3) is 0 Å². The highest BCUT2D eigenvalue weighted by atomic mass is 35.5. The Kier molecular flexibility index (Phi) is 12.2. The first-order valence-electron chi connectivity index (χ1n) is 13.4. The lowest BCUT2D eigenvalue weighted by molar-refractivity contribution is -0.00865. The fourth-order valence-corrected chi connectivity index (χ4v) is 5.70. The van der Waals surface area contributed by atoms with Crippen molar-refractivity contribution in [2.24, 2.45) is 11.8 Å². The second-order valence-corrected chi connectivity index (χ2v) is 10.6. The lowest BCUT2D eigenvalue weighted by atomic mass is 9.84. The molecule has 0 aromatic heterocycles. The molecule has 1 saturated carbocycles. The number of hydrogen-bond acceptors (Lipinski definition) is 5. The van der Waals surface area contributed by atoms with E-state index in [1.54, 1.807) is 0 Å². The van der Waals surface area contributed by atoms with E-state index in [1.807, 2.05) is 36.2 Å². The number of alkyl halides is 1. The molecular formula is C27H42ClFN4O4. The van der Waals surface area contributed by atoms with Crippen LogP contribution in [0, 0.1) is 11.8 Å². The Labute approximate surface area is 225 Å². The molecule has 1 aromatic rings. The third-order valence-corrected chi connectivity index (χ3v) is 7.61. The molecule has 37 heavy (non-hydrogen) atoms. The Morgan fingerprint density at radius 3 is 2.70 bits per heavy atom. The molecule has 8 nitrogen and oxygen atoms in total. The van der Waals surface area contributed by atoms with Crippen LogP contribution >= 0.6 is 11.6 Å². The maximum atomic E-state index is 13.6. The second-order valence-electron chi connectivity index (χ2n) is 10.2. The van der Waals surface area contributed by atoms with Crippen molar-refractivity contribution in [3.8, 4) is 0 Å². The van der Waals surface area contributed by atoms with Crippen LogP contribution in [0.1, 0.15) is 56.6 Å². The van der Waals surface area contributed by atoms with Crippen molar-refractivity contribution in [3.63, 3.8) is 0 Å². The van der Waals surface area contributed by atoms with Crippen LogP contribution in [0.25, 0.3) is 0 Å². The summed E-state index contributed by atoms with van der Waals surface area (Å²) in [5, 5.41) is 9.69. The summed E-state index contributed by atoms with van der Waals surface area (Å²) < 4.78 is 24.4. The van der Waals surface area contributed by atoms with Crippen molar-refractivity contribution in [3.05, 3.63) is 34.9 Å². The van der Waals surface area contributed by atoms with Gasteiger partial charge in [-0.2, -0.15) is 0 Å². The van der Waals surface area contributed by atoms with Gasteiger partial charge in [-0.25, -0.2) is 14.0 Å². The average Bonchev–Trinajstić information content (AvgIpc) is 2.90. The molecule has 1 aromatic carbocycles. The minimum atomic E-state index is -0.676. The zero-order valence-corrected chi connectivity index (χ0v) is 22.8. The first-order valence-corrected chi connectivity index (χ1v) is 13.8. The van der Waals surface area contributed by atoms with Crippen LogP contribution in [0.5, 0.6) is 0 Å². The Morgan fingerprint density at radius 2 is 2.00 bits per heavy atom. The number of likely N-dealkylation sites (N-methyl/N-ethyl adjacent to an activating group) is 1. The van der Waals surface area contributed by atoms with Crippen LogP contribution in [-0.4, -0.2) is 76.2 Å². The van der Waals surface area contributed by atoms with E-state index in [9.17, 15) is 14.0 Å². The van der Waals surface area contributed by atoms with E-state index in [-0.39, 0.29) is 24.1 Å². The first kappa shape index (κ1) is 29.5. The van der Waals surface area contributed by atoms with E-state index in [4.69, 9.17) is 16.3 Å². The highest BCUT2D eigenvalue weighted by molar-refractivity contribution is 6.30. The lowest BCUT2D eigenvalue weighted by Gasteiger charge is -2.38. The molecule has 3 N–H and O–H groups in total. The molecule has 0 unspecified atom stereocenters. The zero-order valence-electron chi connectivity index (χ0n) is 22.0. The predicted molar refractivity (Wildman–Crippen MR) is 143 cm³/mol. The Morgan fingerprint density at radius 1 is 1.22 bits per heavy atom. The van der Waals surface area contributed by atoms with Crippen LogP contribution in [-0.2, 0) is 9.47 Å². The number of piperidine rings is 1. The normalized spacial score (nSPS) is 23.7. The number of hydrogen-bond donors (Lipinski definition) is 3. The molecule has 1 aliphatic carbocycles. The van der Waals surface area contributed by atoms with Crippen LogP contribution in [0.2, 0.25) is 5.02 Å². The minimum absolute atomic E-state index is 0.00316.